The van der Waals surface area contributed by atoms with Crippen LogP contribution in [0.2, 0.25) is 0 Å². The van der Waals surface area contributed by atoms with E-state index in [0.717, 1.165) is 11.1 Å². The summed E-state index contributed by atoms with van der Waals surface area (Å²) in [5.41, 5.74) is 2.08. The van der Waals surface area contributed by atoms with Crippen LogP contribution in [0.1, 0.15) is 11.1 Å². The van der Waals surface area contributed by atoms with E-state index in [-0.39, 0.29) is 13.1 Å². The van der Waals surface area contributed by atoms with E-state index in [1.54, 1.807) is 0 Å². The summed E-state index contributed by atoms with van der Waals surface area (Å²) in [5.74, 6) is -1.05. The van der Waals surface area contributed by atoms with Gasteiger partial charge in [-0.25, -0.2) is 4.79 Å². The zero-order valence-electron chi connectivity index (χ0n) is 11.8. The molecule has 2 amide bonds. The molecular weight excluding hydrogens is 260 g/mol. The van der Waals surface area contributed by atoms with Crippen LogP contribution in [0.15, 0.2) is 24.3 Å². The van der Waals surface area contributed by atoms with Crippen LogP contribution in [-0.4, -0.2) is 48.8 Å². The maximum Gasteiger partial charge on any atom is 0.323 e. The molecule has 0 unspecified atom stereocenters. The minimum atomic E-state index is -1.05. The summed E-state index contributed by atoms with van der Waals surface area (Å²) >= 11 is 0. The molecule has 110 valence electrons. The molecule has 0 aromatic heterocycles. The second-order valence-corrected chi connectivity index (χ2v) is 4.46. The van der Waals surface area contributed by atoms with Gasteiger partial charge in [0.1, 0.15) is 6.54 Å². The maximum atomic E-state index is 11.9. The number of hydrogen-bond acceptors (Lipinski definition) is 3. The van der Waals surface area contributed by atoms with Gasteiger partial charge < -0.3 is 20.1 Å². The molecule has 0 aliphatic carbocycles. The number of carboxylic acid groups (broad SMARTS) is 1. The summed E-state index contributed by atoms with van der Waals surface area (Å²) in [5, 5.41) is 11.5. The second-order valence-electron chi connectivity index (χ2n) is 4.46. The third kappa shape index (κ3) is 5.71. The van der Waals surface area contributed by atoms with Crippen LogP contribution in [0.25, 0.3) is 0 Å². The van der Waals surface area contributed by atoms with Crippen LogP contribution in [0.5, 0.6) is 0 Å². The molecule has 6 heteroatoms. The highest BCUT2D eigenvalue weighted by Crippen LogP contribution is 2.03. The van der Waals surface area contributed by atoms with Crippen molar-refractivity contribution < 1.29 is 19.4 Å². The Hall–Kier alpha value is -2.08. The van der Waals surface area contributed by atoms with Gasteiger partial charge in [0.15, 0.2) is 0 Å². The Morgan fingerprint density at radius 1 is 1.40 bits per heavy atom. The predicted molar refractivity (Wildman–Crippen MR) is 74.5 cm³/mol. The fourth-order valence-corrected chi connectivity index (χ4v) is 1.73. The third-order valence-corrected chi connectivity index (χ3v) is 2.70. The van der Waals surface area contributed by atoms with Crippen LogP contribution in [0.3, 0.4) is 0 Å². The number of urea groups is 1. The van der Waals surface area contributed by atoms with Crippen LogP contribution < -0.4 is 5.32 Å². The smallest absolute Gasteiger partial charge is 0.323 e. The molecule has 0 bridgehead atoms. The summed E-state index contributed by atoms with van der Waals surface area (Å²) in [7, 11) is 1.50. The number of nitrogens with one attached hydrogen (secondary N) is 1. The summed E-state index contributed by atoms with van der Waals surface area (Å²) in [6.07, 6.45) is 0. The number of carbonyl (C=O) groups is 2. The molecule has 1 rings (SSSR count). The van der Waals surface area contributed by atoms with Crippen LogP contribution in [0.4, 0.5) is 4.79 Å². The molecule has 0 atom stereocenters. The number of benzene rings is 1. The zero-order valence-corrected chi connectivity index (χ0v) is 11.8. The highest BCUT2D eigenvalue weighted by Gasteiger charge is 2.15. The second kappa shape index (κ2) is 8.16. The number of aryl methyl sites for hydroxylation is 1. The van der Waals surface area contributed by atoms with Crippen molar-refractivity contribution in [1.82, 2.24) is 10.2 Å². The Bertz CT molecular complexity index is 462. The lowest BCUT2D eigenvalue weighted by Gasteiger charge is -2.20. The van der Waals surface area contributed by atoms with E-state index in [1.807, 2.05) is 31.2 Å². The van der Waals surface area contributed by atoms with Gasteiger partial charge in [-0.2, -0.15) is 0 Å². The number of rotatable bonds is 7. The molecule has 6 nitrogen and oxygen atoms in total. The van der Waals surface area contributed by atoms with Gasteiger partial charge in [0.25, 0.3) is 0 Å². The molecule has 0 aliphatic rings. The largest absolute Gasteiger partial charge is 0.480 e. The average Bonchev–Trinajstić information content (AvgIpc) is 2.40. The van der Waals surface area contributed by atoms with E-state index < -0.39 is 12.0 Å². The Labute approximate surface area is 118 Å². The minimum absolute atomic E-state index is 0.239. The molecule has 0 saturated carbocycles. The molecule has 0 heterocycles. The monoisotopic (exact) mass is 280 g/mol. The predicted octanol–water partition coefficient (Wildman–Crippen LogP) is 1.24. The van der Waals surface area contributed by atoms with E-state index in [9.17, 15) is 9.59 Å². The average molecular weight is 280 g/mol. The van der Waals surface area contributed by atoms with Crippen molar-refractivity contribution in [2.45, 2.75) is 13.5 Å². The molecule has 0 saturated heterocycles. The fourth-order valence-electron chi connectivity index (χ4n) is 1.73. The minimum Gasteiger partial charge on any atom is -0.480 e. The quantitative estimate of drug-likeness (QED) is 0.787. The molecular formula is C14H20N2O4. The normalized spacial score (nSPS) is 10.1. The Balaban J connectivity index is 2.54. The molecule has 1 aromatic rings. The van der Waals surface area contributed by atoms with E-state index in [0.29, 0.717) is 13.2 Å². The number of amides is 2. The van der Waals surface area contributed by atoms with Gasteiger partial charge in [0.05, 0.1) is 6.61 Å². The first-order valence-electron chi connectivity index (χ1n) is 6.32. The van der Waals surface area contributed by atoms with E-state index in [4.69, 9.17) is 9.84 Å². The van der Waals surface area contributed by atoms with Crippen molar-refractivity contribution in [2.24, 2.45) is 0 Å². The van der Waals surface area contributed by atoms with Crippen molar-refractivity contribution in [2.75, 3.05) is 26.8 Å². The van der Waals surface area contributed by atoms with Crippen LogP contribution >= 0.6 is 0 Å². The van der Waals surface area contributed by atoms with Crippen molar-refractivity contribution in [3.63, 3.8) is 0 Å². The van der Waals surface area contributed by atoms with Gasteiger partial charge in [-0.15, -0.1) is 0 Å². The summed E-state index contributed by atoms with van der Waals surface area (Å²) < 4.78 is 4.87. The molecule has 0 spiro atoms. The Morgan fingerprint density at radius 3 is 2.75 bits per heavy atom. The summed E-state index contributed by atoms with van der Waals surface area (Å²) in [6, 6.07) is 7.35. The third-order valence-electron chi connectivity index (χ3n) is 2.70. The number of carboxylic acids is 1. The number of aliphatic carboxylic acids is 1. The fraction of sp³-hybridized carbons (Fsp3) is 0.429. The van der Waals surface area contributed by atoms with Gasteiger partial charge in [0.2, 0.25) is 0 Å². The lowest BCUT2D eigenvalue weighted by molar-refractivity contribution is -0.137. The number of hydrogen-bond donors (Lipinski definition) is 2. The van der Waals surface area contributed by atoms with Gasteiger partial charge in [-0.1, -0.05) is 29.8 Å². The summed E-state index contributed by atoms with van der Waals surface area (Å²) in [6.45, 7) is 2.53. The van der Waals surface area contributed by atoms with Gasteiger partial charge >= 0.3 is 12.0 Å². The van der Waals surface area contributed by atoms with Crippen LogP contribution in [-0.2, 0) is 16.1 Å². The Morgan fingerprint density at radius 2 is 2.15 bits per heavy atom. The maximum absolute atomic E-state index is 11.9. The number of carbonyl (C=O) groups excluding carboxylic acids is 1. The van der Waals surface area contributed by atoms with E-state index >= 15 is 0 Å². The first-order valence-corrected chi connectivity index (χ1v) is 6.32. The van der Waals surface area contributed by atoms with Gasteiger partial charge in [0, 0.05) is 20.2 Å². The molecule has 0 fully saturated rings. The topological polar surface area (TPSA) is 78.9 Å². The van der Waals surface area contributed by atoms with Gasteiger partial charge in [-0.05, 0) is 12.5 Å². The first kappa shape index (κ1) is 16.0. The number of ether oxygens (including phenoxy) is 1. The van der Waals surface area contributed by atoms with E-state index in [2.05, 4.69) is 5.32 Å². The standard InChI is InChI=1S/C14H20N2O4/c1-11-4-3-5-12(8-11)9-15-14(19)16(6-7-20-2)10-13(17)18/h3-5,8H,6-7,9-10H2,1-2H3,(H,15,19)(H,17,18). The summed E-state index contributed by atoms with van der Waals surface area (Å²) in [4.78, 5) is 23.9. The lowest BCUT2D eigenvalue weighted by atomic mass is 10.1. The van der Waals surface area contributed by atoms with Crippen LogP contribution in [0, 0.1) is 6.92 Å². The molecule has 0 radical (unpaired) electrons. The highest BCUT2D eigenvalue weighted by atomic mass is 16.5. The van der Waals surface area contributed by atoms with E-state index in [1.165, 1.54) is 12.0 Å². The zero-order chi connectivity index (χ0) is 15.0. The molecule has 20 heavy (non-hydrogen) atoms. The van der Waals surface area contributed by atoms with Crippen molar-refractivity contribution in [3.8, 4) is 0 Å². The molecule has 2 N–H and O–H groups in total. The molecule has 0 aliphatic heterocycles. The highest BCUT2D eigenvalue weighted by molar-refractivity contribution is 5.80. The number of methoxy groups -OCH3 is 1. The Kier molecular flexibility index (Phi) is 6.52. The SMILES string of the molecule is COCCN(CC(=O)O)C(=O)NCc1cccc(C)c1. The van der Waals surface area contributed by atoms with Crippen molar-refractivity contribution in [3.05, 3.63) is 35.4 Å². The molecule has 1 aromatic carbocycles. The van der Waals surface area contributed by atoms with Gasteiger partial charge in [-0.3, -0.25) is 4.79 Å². The van der Waals surface area contributed by atoms with Crippen molar-refractivity contribution >= 4 is 12.0 Å². The first-order chi connectivity index (χ1) is 9.52. The van der Waals surface area contributed by atoms with Crippen molar-refractivity contribution in [1.29, 1.82) is 0 Å². The number of nitrogens with zero attached hydrogens (tertiary/aromatic N) is 1. The lowest BCUT2D eigenvalue weighted by Crippen LogP contribution is -2.44.